The highest BCUT2D eigenvalue weighted by Crippen LogP contribution is 2.18. The average Bonchev–Trinajstić information content (AvgIpc) is 2.59. The van der Waals surface area contributed by atoms with E-state index in [9.17, 15) is 4.79 Å². The van der Waals surface area contributed by atoms with Crippen molar-refractivity contribution in [2.24, 2.45) is 0 Å². The molecule has 2 rings (SSSR count). The zero-order valence-electron chi connectivity index (χ0n) is 11.5. The molecule has 1 aromatic carbocycles. The third-order valence-electron chi connectivity index (χ3n) is 2.35. The molecular formula is C14H21NO2. The monoisotopic (exact) mass is 235 g/mol. The van der Waals surface area contributed by atoms with Crippen LogP contribution in [-0.2, 0) is 5.54 Å². The molecule has 94 valence electrons. The number of hydrogen-bond acceptors (Lipinski definition) is 2. The summed E-state index contributed by atoms with van der Waals surface area (Å²) in [6.07, 6.45) is 0. The van der Waals surface area contributed by atoms with Gasteiger partial charge in [-0.05, 0) is 39.8 Å². The van der Waals surface area contributed by atoms with Gasteiger partial charge in [0.2, 0.25) is 0 Å². The van der Waals surface area contributed by atoms with E-state index in [1.165, 1.54) is 4.74 Å². The lowest BCUT2D eigenvalue weighted by molar-refractivity contribution is 0.171. The van der Waals surface area contributed by atoms with Crippen LogP contribution in [0.2, 0.25) is 0 Å². The van der Waals surface area contributed by atoms with Crippen molar-refractivity contribution in [3.05, 3.63) is 34.1 Å². The Morgan fingerprint density at radius 1 is 1.18 bits per heavy atom. The molecule has 2 aromatic rings. The molecule has 17 heavy (non-hydrogen) atoms. The lowest BCUT2D eigenvalue weighted by Gasteiger charge is -2.16. The number of nitrogens with zero attached hydrogens (tertiary/aromatic N) is 1. The van der Waals surface area contributed by atoms with Gasteiger partial charge < -0.3 is 4.52 Å². The summed E-state index contributed by atoms with van der Waals surface area (Å²) in [5.41, 5.74) is 1.35. The molecule has 0 saturated carbocycles. The minimum Gasteiger partial charge on any atom is -0.375 e. The molecule has 3 nitrogen and oxygen atoms in total. The smallest absolute Gasteiger partial charge is 0.290 e. The second kappa shape index (κ2) is 4.78. The van der Waals surface area contributed by atoms with Gasteiger partial charge in [-0.2, -0.15) is 4.74 Å². The Balaban J connectivity index is 0.000000686. The Hall–Kier alpha value is -1.51. The van der Waals surface area contributed by atoms with Crippen molar-refractivity contribution >= 4 is 11.0 Å². The summed E-state index contributed by atoms with van der Waals surface area (Å²) >= 11 is 0. The van der Waals surface area contributed by atoms with Gasteiger partial charge in [0.05, 0.1) is 10.9 Å². The Morgan fingerprint density at radius 3 is 2.29 bits per heavy atom. The van der Waals surface area contributed by atoms with E-state index < -0.39 is 0 Å². The second-order valence-corrected chi connectivity index (χ2v) is 4.86. The van der Waals surface area contributed by atoms with E-state index in [1.807, 2.05) is 59.7 Å². The maximum absolute atomic E-state index is 12.0. The molecule has 3 heteroatoms. The molecule has 0 radical (unpaired) electrons. The predicted octanol–water partition coefficient (Wildman–Crippen LogP) is 3.68. The molecular weight excluding hydrogens is 214 g/mol. The van der Waals surface area contributed by atoms with Crippen molar-refractivity contribution in [2.45, 2.75) is 47.1 Å². The maximum Gasteiger partial charge on any atom is 0.290 e. The largest absolute Gasteiger partial charge is 0.375 e. The van der Waals surface area contributed by atoms with E-state index in [2.05, 4.69) is 0 Å². The highest BCUT2D eigenvalue weighted by atomic mass is 16.5. The summed E-state index contributed by atoms with van der Waals surface area (Å²) in [7, 11) is 0. The number of hydrogen-bond donors (Lipinski definition) is 0. The Kier molecular flexibility index (Phi) is 3.81. The van der Waals surface area contributed by atoms with Crippen molar-refractivity contribution in [3.63, 3.8) is 0 Å². The molecule has 0 aliphatic heterocycles. The standard InChI is InChI=1S/C12H15NO2.C2H6/c1-8-5-6-10-9(7-8)11(14)13(15-10)12(2,3)4;1-2/h5-7H,1-4H3;1-2H3. The Morgan fingerprint density at radius 2 is 1.76 bits per heavy atom. The van der Waals surface area contributed by atoms with Crippen LogP contribution < -0.4 is 5.56 Å². The number of benzene rings is 1. The first kappa shape index (κ1) is 13.6. The van der Waals surface area contributed by atoms with E-state index in [1.54, 1.807) is 0 Å². The van der Waals surface area contributed by atoms with Crippen molar-refractivity contribution in [3.8, 4) is 0 Å². The van der Waals surface area contributed by atoms with E-state index in [-0.39, 0.29) is 11.1 Å². The summed E-state index contributed by atoms with van der Waals surface area (Å²) < 4.78 is 6.95. The molecule has 0 amide bonds. The SMILES string of the molecule is CC.Cc1ccc2on(C(C)(C)C)c(=O)c2c1. The van der Waals surface area contributed by atoms with Crippen molar-refractivity contribution in [2.75, 3.05) is 0 Å². The molecule has 0 bridgehead atoms. The van der Waals surface area contributed by atoms with E-state index in [0.717, 1.165) is 5.56 Å². The maximum atomic E-state index is 12.0. The van der Waals surface area contributed by atoms with Crippen molar-refractivity contribution < 1.29 is 4.52 Å². The zero-order chi connectivity index (χ0) is 13.2. The number of aromatic nitrogens is 1. The van der Waals surface area contributed by atoms with Gasteiger partial charge in [0.25, 0.3) is 5.56 Å². The lowest BCUT2D eigenvalue weighted by atomic mass is 10.1. The minimum absolute atomic E-state index is 0.0544. The fourth-order valence-electron chi connectivity index (χ4n) is 1.58. The quantitative estimate of drug-likeness (QED) is 0.698. The topological polar surface area (TPSA) is 35.1 Å². The van der Waals surface area contributed by atoms with Gasteiger partial charge in [-0.1, -0.05) is 25.5 Å². The number of rotatable bonds is 0. The first-order valence-electron chi connectivity index (χ1n) is 6.03. The molecule has 1 aromatic heterocycles. The minimum atomic E-state index is -0.315. The van der Waals surface area contributed by atoms with Crippen molar-refractivity contribution in [1.82, 2.24) is 4.74 Å². The van der Waals surface area contributed by atoms with Crippen LogP contribution in [-0.4, -0.2) is 4.74 Å². The summed E-state index contributed by atoms with van der Waals surface area (Å²) in [5, 5.41) is 0.657. The number of aryl methyl sites for hydroxylation is 1. The van der Waals surface area contributed by atoms with E-state index >= 15 is 0 Å². The molecule has 0 aliphatic rings. The van der Waals surface area contributed by atoms with Gasteiger partial charge in [0.1, 0.15) is 0 Å². The Bertz CT molecular complexity index is 556. The van der Waals surface area contributed by atoms with Crippen LogP contribution in [0.15, 0.2) is 27.5 Å². The average molecular weight is 235 g/mol. The van der Waals surface area contributed by atoms with Gasteiger partial charge in [0, 0.05) is 0 Å². The molecule has 0 aliphatic carbocycles. The van der Waals surface area contributed by atoms with E-state index in [4.69, 9.17) is 4.52 Å². The summed E-state index contributed by atoms with van der Waals surface area (Å²) in [4.78, 5) is 12.0. The van der Waals surface area contributed by atoms with Crippen LogP contribution in [0.4, 0.5) is 0 Å². The van der Waals surface area contributed by atoms with Crippen LogP contribution >= 0.6 is 0 Å². The first-order chi connectivity index (χ1) is 7.89. The summed E-state index contributed by atoms with van der Waals surface area (Å²) in [6.45, 7) is 11.8. The Labute approximate surface area is 102 Å². The molecule has 1 heterocycles. The molecule has 0 fully saturated rings. The number of fused-ring (bicyclic) bond motifs is 1. The van der Waals surface area contributed by atoms with Gasteiger partial charge in [-0.3, -0.25) is 4.79 Å². The molecule has 0 saturated heterocycles. The zero-order valence-corrected chi connectivity index (χ0v) is 11.5. The van der Waals surface area contributed by atoms with Crippen LogP contribution in [0.3, 0.4) is 0 Å². The summed E-state index contributed by atoms with van der Waals surface area (Å²) in [6, 6.07) is 5.65. The lowest BCUT2D eigenvalue weighted by Crippen LogP contribution is -2.30. The first-order valence-corrected chi connectivity index (χ1v) is 6.03. The predicted molar refractivity (Wildman–Crippen MR) is 71.6 cm³/mol. The highest BCUT2D eigenvalue weighted by Gasteiger charge is 2.20. The van der Waals surface area contributed by atoms with Crippen LogP contribution in [0.25, 0.3) is 11.0 Å². The molecule has 0 N–H and O–H groups in total. The fourth-order valence-corrected chi connectivity index (χ4v) is 1.58. The fraction of sp³-hybridized carbons (Fsp3) is 0.500. The molecule has 0 spiro atoms. The van der Waals surface area contributed by atoms with Crippen LogP contribution in [0.5, 0.6) is 0 Å². The third kappa shape index (κ3) is 2.60. The van der Waals surface area contributed by atoms with Gasteiger partial charge in [0.15, 0.2) is 5.58 Å². The molecule has 0 unspecified atom stereocenters. The summed E-state index contributed by atoms with van der Waals surface area (Å²) in [5.74, 6) is 0. The van der Waals surface area contributed by atoms with Gasteiger partial charge in [-0.15, -0.1) is 0 Å². The van der Waals surface area contributed by atoms with Crippen LogP contribution in [0.1, 0.15) is 40.2 Å². The second-order valence-electron chi connectivity index (χ2n) is 4.86. The third-order valence-corrected chi connectivity index (χ3v) is 2.35. The highest BCUT2D eigenvalue weighted by molar-refractivity contribution is 5.76. The van der Waals surface area contributed by atoms with Crippen LogP contribution in [0, 0.1) is 6.92 Å². The van der Waals surface area contributed by atoms with Gasteiger partial charge >= 0.3 is 0 Å². The normalized spacial score (nSPS) is 11.2. The van der Waals surface area contributed by atoms with Gasteiger partial charge in [-0.25, -0.2) is 0 Å². The van der Waals surface area contributed by atoms with Crippen molar-refractivity contribution in [1.29, 1.82) is 0 Å². The molecule has 0 atom stereocenters. The van der Waals surface area contributed by atoms with E-state index in [0.29, 0.717) is 11.0 Å².